The van der Waals surface area contributed by atoms with Crippen molar-refractivity contribution in [1.29, 1.82) is 0 Å². The fraction of sp³-hybridized carbons (Fsp3) is 0.462. The van der Waals surface area contributed by atoms with Crippen molar-refractivity contribution in [3.63, 3.8) is 0 Å². The van der Waals surface area contributed by atoms with Gasteiger partial charge in [-0.3, -0.25) is 9.59 Å². The van der Waals surface area contributed by atoms with Crippen LogP contribution in [0.4, 0.5) is 11.4 Å². The van der Waals surface area contributed by atoms with Crippen LogP contribution in [0.2, 0.25) is 0 Å². The van der Waals surface area contributed by atoms with Gasteiger partial charge in [-0.15, -0.1) is 0 Å². The van der Waals surface area contributed by atoms with Gasteiger partial charge in [-0.05, 0) is 67.5 Å². The molecule has 0 saturated carbocycles. The second kappa shape index (κ2) is 8.68. The highest BCUT2D eigenvalue weighted by molar-refractivity contribution is 6.06. The molecule has 5 rings (SSSR count). The summed E-state index contributed by atoms with van der Waals surface area (Å²) in [5.74, 6) is -0.0276. The highest BCUT2D eigenvalue weighted by atomic mass is 16.5. The normalized spacial score (nSPS) is 25.1. The Morgan fingerprint density at radius 2 is 1.72 bits per heavy atom. The average Bonchev–Trinajstić information content (AvgIpc) is 3.52. The Bertz CT molecular complexity index is 1020. The number of hydrogen-bond acceptors (Lipinski definition) is 4. The van der Waals surface area contributed by atoms with E-state index in [1.807, 2.05) is 30.0 Å². The molecule has 3 aliphatic rings. The SMILES string of the molecule is CC(=O)N1c2ccc(-c3cccc(C4CCCO4)c3)cc2N(C(=O)C2CCCO2)CC1C. The number of rotatable bonds is 3. The van der Waals surface area contributed by atoms with Crippen LogP contribution in [0.25, 0.3) is 11.1 Å². The lowest BCUT2D eigenvalue weighted by Gasteiger charge is -2.41. The monoisotopic (exact) mass is 434 g/mol. The number of hydrogen-bond donors (Lipinski definition) is 0. The van der Waals surface area contributed by atoms with Gasteiger partial charge in [-0.25, -0.2) is 0 Å². The quantitative estimate of drug-likeness (QED) is 0.715. The highest BCUT2D eigenvalue weighted by Crippen LogP contribution is 2.40. The van der Waals surface area contributed by atoms with Crippen molar-refractivity contribution < 1.29 is 19.1 Å². The molecule has 3 atom stereocenters. The third-order valence-electron chi connectivity index (χ3n) is 6.75. The van der Waals surface area contributed by atoms with Crippen molar-refractivity contribution >= 4 is 23.2 Å². The molecule has 2 fully saturated rings. The van der Waals surface area contributed by atoms with Crippen LogP contribution >= 0.6 is 0 Å². The number of amides is 2. The van der Waals surface area contributed by atoms with Gasteiger partial charge in [0.25, 0.3) is 5.91 Å². The van der Waals surface area contributed by atoms with E-state index in [0.717, 1.165) is 54.8 Å². The zero-order valence-electron chi connectivity index (χ0n) is 18.8. The number of ether oxygens (including phenoxy) is 2. The van der Waals surface area contributed by atoms with Gasteiger partial charge in [0.15, 0.2) is 0 Å². The summed E-state index contributed by atoms with van der Waals surface area (Å²) in [5.41, 5.74) is 4.84. The smallest absolute Gasteiger partial charge is 0.256 e. The maximum Gasteiger partial charge on any atom is 0.256 e. The van der Waals surface area contributed by atoms with Crippen LogP contribution in [0.3, 0.4) is 0 Å². The first-order chi connectivity index (χ1) is 15.5. The van der Waals surface area contributed by atoms with Crippen LogP contribution in [0, 0.1) is 0 Å². The van der Waals surface area contributed by atoms with Crippen LogP contribution in [-0.2, 0) is 19.1 Å². The Kier molecular flexibility index (Phi) is 5.74. The summed E-state index contributed by atoms with van der Waals surface area (Å²) in [6.45, 7) is 5.47. The van der Waals surface area contributed by atoms with E-state index in [1.165, 1.54) is 5.56 Å². The van der Waals surface area contributed by atoms with Crippen LogP contribution in [-0.4, -0.2) is 43.7 Å². The van der Waals surface area contributed by atoms with Crippen molar-refractivity contribution in [1.82, 2.24) is 0 Å². The lowest BCUT2D eigenvalue weighted by atomic mass is 9.97. The molecule has 2 saturated heterocycles. The molecule has 0 aromatic heterocycles. The summed E-state index contributed by atoms with van der Waals surface area (Å²) >= 11 is 0. The third-order valence-corrected chi connectivity index (χ3v) is 6.75. The summed E-state index contributed by atoms with van der Waals surface area (Å²) in [4.78, 5) is 29.4. The Labute approximate surface area is 189 Å². The summed E-state index contributed by atoms with van der Waals surface area (Å²) in [7, 11) is 0. The van der Waals surface area contributed by atoms with Crippen LogP contribution in [0.1, 0.15) is 51.2 Å². The topological polar surface area (TPSA) is 59.1 Å². The fourth-order valence-corrected chi connectivity index (χ4v) is 5.20. The molecule has 6 heteroatoms. The molecular formula is C26H30N2O4. The van der Waals surface area contributed by atoms with Crippen molar-refractivity contribution in [2.75, 3.05) is 29.6 Å². The van der Waals surface area contributed by atoms with Gasteiger partial charge in [0.05, 0.1) is 23.5 Å². The van der Waals surface area contributed by atoms with Crippen molar-refractivity contribution in [2.24, 2.45) is 0 Å². The molecule has 0 bridgehead atoms. The minimum Gasteiger partial charge on any atom is -0.374 e. The third kappa shape index (κ3) is 3.82. The number of anilines is 2. The van der Waals surface area contributed by atoms with Gasteiger partial charge in [0.2, 0.25) is 5.91 Å². The Morgan fingerprint density at radius 3 is 2.44 bits per heavy atom. The first-order valence-corrected chi connectivity index (χ1v) is 11.6. The molecule has 6 nitrogen and oxygen atoms in total. The lowest BCUT2D eigenvalue weighted by Crippen LogP contribution is -2.53. The summed E-state index contributed by atoms with van der Waals surface area (Å²) in [5, 5.41) is 0. The van der Waals surface area contributed by atoms with E-state index in [4.69, 9.17) is 9.47 Å². The molecule has 3 aliphatic heterocycles. The minimum atomic E-state index is -0.398. The van der Waals surface area contributed by atoms with Crippen molar-refractivity contribution in [3.05, 3.63) is 48.0 Å². The molecule has 3 unspecified atom stereocenters. The maximum absolute atomic E-state index is 13.3. The predicted molar refractivity (Wildman–Crippen MR) is 124 cm³/mol. The number of fused-ring (bicyclic) bond motifs is 1. The first kappa shape index (κ1) is 21.2. The molecular weight excluding hydrogens is 404 g/mol. The van der Waals surface area contributed by atoms with Gasteiger partial charge in [0, 0.05) is 26.7 Å². The molecule has 0 spiro atoms. The Morgan fingerprint density at radius 1 is 0.938 bits per heavy atom. The van der Waals surface area contributed by atoms with E-state index in [-0.39, 0.29) is 24.0 Å². The number of carbonyl (C=O) groups excluding carboxylic acids is 2. The van der Waals surface area contributed by atoms with Crippen molar-refractivity contribution in [2.45, 2.75) is 57.8 Å². The molecule has 3 heterocycles. The van der Waals surface area contributed by atoms with Crippen LogP contribution < -0.4 is 9.80 Å². The lowest BCUT2D eigenvalue weighted by molar-refractivity contribution is -0.127. The number of nitrogens with zero attached hydrogens (tertiary/aromatic N) is 2. The number of carbonyl (C=O) groups is 2. The molecule has 2 amide bonds. The fourth-order valence-electron chi connectivity index (χ4n) is 5.20. The minimum absolute atomic E-state index is 0.0101. The van der Waals surface area contributed by atoms with E-state index in [9.17, 15) is 9.59 Å². The molecule has 2 aromatic carbocycles. The summed E-state index contributed by atoms with van der Waals surface area (Å²) in [6.07, 6.45) is 3.54. The Hall–Kier alpha value is -2.70. The van der Waals surface area contributed by atoms with Gasteiger partial charge in [-0.1, -0.05) is 24.3 Å². The second-order valence-corrected chi connectivity index (χ2v) is 9.02. The van der Waals surface area contributed by atoms with Gasteiger partial charge in [0.1, 0.15) is 6.10 Å². The summed E-state index contributed by atoms with van der Waals surface area (Å²) < 4.78 is 11.6. The zero-order valence-corrected chi connectivity index (χ0v) is 18.8. The van der Waals surface area contributed by atoms with Gasteiger partial charge in [-0.2, -0.15) is 0 Å². The molecule has 0 aliphatic carbocycles. The van der Waals surface area contributed by atoms with Gasteiger partial charge < -0.3 is 19.3 Å². The maximum atomic E-state index is 13.3. The standard InChI is InChI=1S/C26H30N2O4/c1-17-16-27(26(30)25-9-5-13-32-25)23-15-20(10-11-22(23)28(17)18(2)29)19-6-3-7-21(14-19)24-8-4-12-31-24/h3,6-7,10-11,14-15,17,24-25H,4-5,8-9,12-13,16H2,1-2H3. The Balaban J connectivity index is 1.55. The molecule has 0 N–H and O–H groups in total. The van der Waals surface area contributed by atoms with E-state index in [0.29, 0.717) is 13.2 Å². The molecule has 0 radical (unpaired) electrons. The molecule has 168 valence electrons. The second-order valence-electron chi connectivity index (χ2n) is 9.02. The summed E-state index contributed by atoms with van der Waals surface area (Å²) in [6, 6.07) is 14.4. The van der Waals surface area contributed by atoms with Crippen LogP contribution in [0.15, 0.2) is 42.5 Å². The average molecular weight is 435 g/mol. The van der Waals surface area contributed by atoms with E-state index in [2.05, 4.69) is 24.3 Å². The zero-order chi connectivity index (χ0) is 22.2. The first-order valence-electron chi connectivity index (χ1n) is 11.6. The number of benzene rings is 2. The largest absolute Gasteiger partial charge is 0.374 e. The molecule has 2 aromatic rings. The molecule has 32 heavy (non-hydrogen) atoms. The van der Waals surface area contributed by atoms with E-state index >= 15 is 0 Å². The van der Waals surface area contributed by atoms with Gasteiger partial charge >= 0.3 is 0 Å². The predicted octanol–water partition coefficient (Wildman–Crippen LogP) is 4.47. The van der Waals surface area contributed by atoms with E-state index in [1.54, 1.807) is 11.8 Å². The van der Waals surface area contributed by atoms with Crippen molar-refractivity contribution in [3.8, 4) is 11.1 Å². The van der Waals surface area contributed by atoms with E-state index < -0.39 is 6.10 Å². The van der Waals surface area contributed by atoms with Crippen LogP contribution in [0.5, 0.6) is 0 Å². The highest BCUT2D eigenvalue weighted by Gasteiger charge is 2.37.